The Balaban J connectivity index is 1.86. The second-order valence-corrected chi connectivity index (χ2v) is 7.53. The second kappa shape index (κ2) is 7.51. The minimum absolute atomic E-state index is 0.372. The Morgan fingerprint density at radius 3 is 2.28 bits per heavy atom. The molecule has 144 valence electrons. The van der Waals surface area contributed by atoms with E-state index in [4.69, 9.17) is 9.72 Å². The van der Waals surface area contributed by atoms with Crippen molar-refractivity contribution in [3.63, 3.8) is 0 Å². The zero-order chi connectivity index (χ0) is 20.5. The molecule has 0 radical (unpaired) electrons. The van der Waals surface area contributed by atoms with E-state index in [0.29, 0.717) is 11.3 Å². The number of ether oxygens (including phenoxy) is 1. The first-order valence-corrected chi connectivity index (χ1v) is 9.69. The highest BCUT2D eigenvalue weighted by Crippen LogP contribution is 2.29. The predicted octanol–water partition coefficient (Wildman–Crippen LogP) is 6.35. The maximum Gasteiger partial charge on any atom is 0.344 e. The monoisotopic (exact) mass is 381 g/mol. The Morgan fingerprint density at radius 1 is 0.793 bits per heavy atom. The van der Waals surface area contributed by atoms with Gasteiger partial charge in [0.1, 0.15) is 5.75 Å². The first kappa shape index (κ1) is 18.9. The van der Waals surface area contributed by atoms with Gasteiger partial charge in [-0.3, -0.25) is 0 Å². The highest BCUT2D eigenvalue weighted by Gasteiger charge is 2.18. The number of hydrogen-bond donors (Lipinski definition) is 0. The molecule has 0 unspecified atom stereocenters. The average molecular weight is 381 g/mol. The van der Waals surface area contributed by atoms with Gasteiger partial charge in [-0.15, -0.1) is 0 Å². The molecule has 0 N–H and O–H groups in total. The molecule has 0 spiro atoms. The van der Waals surface area contributed by atoms with Gasteiger partial charge in [-0.25, -0.2) is 9.78 Å². The van der Waals surface area contributed by atoms with E-state index in [2.05, 4.69) is 6.07 Å². The Morgan fingerprint density at radius 2 is 1.55 bits per heavy atom. The van der Waals surface area contributed by atoms with Crippen LogP contribution < -0.4 is 4.74 Å². The van der Waals surface area contributed by atoms with Crippen LogP contribution in [0.5, 0.6) is 5.75 Å². The van der Waals surface area contributed by atoms with Crippen LogP contribution in [0.4, 0.5) is 0 Å². The zero-order valence-electron chi connectivity index (χ0n) is 17.1. The number of carbonyl (C=O) groups is 1. The van der Waals surface area contributed by atoms with E-state index in [1.54, 1.807) is 0 Å². The summed E-state index contributed by atoms with van der Waals surface area (Å²) in [5.74, 6) is 0.177. The largest absolute Gasteiger partial charge is 0.423 e. The second-order valence-electron chi connectivity index (χ2n) is 7.53. The maximum absolute atomic E-state index is 13.2. The van der Waals surface area contributed by atoms with E-state index in [0.717, 1.165) is 44.4 Å². The van der Waals surface area contributed by atoms with Crippen LogP contribution in [0.25, 0.3) is 22.2 Å². The van der Waals surface area contributed by atoms with Crippen molar-refractivity contribution < 1.29 is 9.53 Å². The van der Waals surface area contributed by atoms with Crippen LogP contribution in [0.15, 0.2) is 66.7 Å². The van der Waals surface area contributed by atoms with Gasteiger partial charge < -0.3 is 4.74 Å². The lowest BCUT2D eigenvalue weighted by Gasteiger charge is -2.13. The van der Waals surface area contributed by atoms with Crippen molar-refractivity contribution in [1.82, 2.24) is 4.98 Å². The molecular weight excluding hydrogens is 358 g/mol. The Hall–Kier alpha value is -3.46. The topological polar surface area (TPSA) is 39.2 Å². The van der Waals surface area contributed by atoms with Crippen LogP contribution in [-0.4, -0.2) is 11.0 Å². The number of esters is 1. The summed E-state index contributed by atoms with van der Waals surface area (Å²) in [6.45, 7) is 8.09. The molecule has 0 aliphatic rings. The van der Waals surface area contributed by atoms with Crippen molar-refractivity contribution in [3.8, 4) is 17.0 Å². The van der Waals surface area contributed by atoms with Gasteiger partial charge in [-0.1, -0.05) is 48.0 Å². The molecular formula is C26H23NO2. The number of aryl methyl sites for hydroxylation is 4. The van der Waals surface area contributed by atoms with Crippen LogP contribution >= 0.6 is 0 Å². The lowest BCUT2D eigenvalue weighted by atomic mass is 10.00. The van der Waals surface area contributed by atoms with Gasteiger partial charge in [0, 0.05) is 10.9 Å². The Kier molecular flexibility index (Phi) is 4.89. The number of carbonyl (C=O) groups excluding carboxylic acids is 1. The molecule has 0 atom stereocenters. The van der Waals surface area contributed by atoms with Crippen LogP contribution in [0.1, 0.15) is 32.6 Å². The van der Waals surface area contributed by atoms with E-state index >= 15 is 0 Å². The van der Waals surface area contributed by atoms with Crippen LogP contribution in [0.3, 0.4) is 0 Å². The molecule has 0 saturated heterocycles. The summed E-state index contributed by atoms with van der Waals surface area (Å²) >= 11 is 0. The summed E-state index contributed by atoms with van der Waals surface area (Å²) in [6.07, 6.45) is 0. The third-order valence-electron chi connectivity index (χ3n) is 5.23. The third-order valence-corrected chi connectivity index (χ3v) is 5.23. The van der Waals surface area contributed by atoms with Crippen molar-refractivity contribution in [2.24, 2.45) is 0 Å². The summed E-state index contributed by atoms with van der Waals surface area (Å²) in [5, 5.41) is 0.816. The Labute approximate surface area is 171 Å². The number of nitrogens with zero attached hydrogens (tertiary/aromatic N) is 1. The van der Waals surface area contributed by atoms with Gasteiger partial charge in [0.15, 0.2) is 0 Å². The smallest absolute Gasteiger partial charge is 0.344 e. The summed E-state index contributed by atoms with van der Waals surface area (Å²) in [7, 11) is 0. The molecule has 0 bridgehead atoms. The standard InChI is InChI=1S/C26H23NO2/c1-16-12-19(4)25-22(13-16)23(15-24(27-25)20-8-6-5-7-9-20)26(28)29-21-11-10-17(2)18(3)14-21/h5-15H,1-4H3. The van der Waals surface area contributed by atoms with Gasteiger partial charge in [0.05, 0.1) is 16.8 Å². The summed E-state index contributed by atoms with van der Waals surface area (Å²) in [6, 6.07) is 21.5. The molecule has 29 heavy (non-hydrogen) atoms. The fourth-order valence-electron chi connectivity index (χ4n) is 3.55. The van der Waals surface area contributed by atoms with E-state index in [1.165, 1.54) is 0 Å². The van der Waals surface area contributed by atoms with Crippen molar-refractivity contribution >= 4 is 16.9 Å². The van der Waals surface area contributed by atoms with Gasteiger partial charge in [-0.2, -0.15) is 0 Å². The molecule has 3 nitrogen and oxygen atoms in total. The minimum Gasteiger partial charge on any atom is -0.423 e. The molecule has 0 fully saturated rings. The number of aromatic nitrogens is 1. The van der Waals surface area contributed by atoms with Crippen LogP contribution in [0.2, 0.25) is 0 Å². The number of benzene rings is 3. The van der Waals surface area contributed by atoms with Crippen molar-refractivity contribution in [2.45, 2.75) is 27.7 Å². The van der Waals surface area contributed by atoms with Crippen molar-refractivity contribution in [3.05, 3.63) is 94.5 Å². The maximum atomic E-state index is 13.2. The summed E-state index contributed by atoms with van der Waals surface area (Å²) in [4.78, 5) is 18.0. The SMILES string of the molecule is Cc1cc(C)c2nc(-c3ccccc3)cc(C(=O)Oc3ccc(C)c(C)c3)c2c1. The third kappa shape index (κ3) is 3.77. The molecule has 3 aromatic carbocycles. The Bertz CT molecular complexity index is 1230. The number of hydrogen-bond acceptors (Lipinski definition) is 3. The molecule has 3 heteroatoms. The first-order chi connectivity index (χ1) is 13.9. The highest BCUT2D eigenvalue weighted by atomic mass is 16.5. The lowest BCUT2D eigenvalue weighted by Crippen LogP contribution is -2.11. The van der Waals surface area contributed by atoms with E-state index in [9.17, 15) is 4.79 Å². The summed E-state index contributed by atoms with van der Waals surface area (Å²) in [5.41, 5.74) is 7.46. The van der Waals surface area contributed by atoms with Gasteiger partial charge in [0.2, 0.25) is 0 Å². The van der Waals surface area contributed by atoms with Gasteiger partial charge in [-0.05, 0) is 68.7 Å². The molecule has 0 aliphatic carbocycles. The average Bonchev–Trinajstić information content (AvgIpc) is 2.70. The van der Waals surface area contributed by atoms with E-state index < -0.39 is 0 Å². The fourth-order valence-corrected chi connectivity index (χ4v) is 3.55. The first-order valence-electron chi connectivity index (χ1n) is 9.69. The van der Waals surface area contributed by atoms with Crippen LogP contribution in [0, 0.1) is 27.7 Å². The van der Waals surface area contributed by atoms with Crippen LogP contribution in [-0.2, 0) is 0 Å². The number of fused-ring (bicyclic) bond motifs is 1. The number of rotatable bonds is 3. The molecule has 0 saturated carbocycles. The zero-order valence-corrected chi connectivity index (χ0v) is 17.1. The van der Waals surface area contributed by atoms with Crippen molar-refractivity contribution in [2.75, 3.05) is 0 Å². The molecule has 0 aliphatic heterocycles. The van der Waals surface area contributed by atoms with E-state index in [-0.39, 0.29) is 5.97 Å². The molecule has 1 aromatic heterocycles. The molecule has 4 rings (SSSR count). The molecule has 4 aromatic rings. The summed E-state index contributed by atoms with van der Waals surface area (Å²) < 4.78 is 5.75. The van der Waals surface area contributed by atoms with Gasteiger partial charge >= 0.3 is 5.97 Å². The highest BCUT2D eigenvalue weighted by molar-refractivity contribution is 6.06. The fraction of sp³-hybridized carbons (Fsp3) is 0.154. The molecule has 0 amide bonds. The van der Waals surface area contributed by atoms with Crippen molar-refractivity contribution in [1.29, 1.82) is 0 Å². The quantitative estimate of drug-likeness (QED) is 0.306. The number of pyridine rings is 1. The molecule has 1 heterocycles. The minimum atomic E-state index is -0.372. The van der Waals surface area contributed by atoms with Gasteiger partial charge in [0.25, 0.3) is 0 Å². The van der Waals surface area contributed by atoms with E-state index in [1.807, 2.05) is 88.4 Å². The predicted molar refractivity (Wildman–Crippen MR) is 118 cm³/mol. The lowest BCUT2D eigenvalue weighted by molar-refractivity contribution is 0.0736. The normalized spacial score (nSPS) is 10.9.